The first-order valence-electron chi connectivity index (χ1n) is 6.84. The van der Waals surface area contributed by atoms with E-state index in [1.165, 1.54) is 5.01 Å². The third kappa shape index (κ3) is 2.83. The average molecular weight is 299 g/mol. The Morgan fingerprint density at radius 3 is 2.43 bits per heavy atom. The molecule has 0 bridgehead atoms. The number of carbonyl (C=O) groups excluding carboxylic acids is 1. The molecule has 0 saturated carbocycles. The van der Waals surface area contributed by atoms with Crippen molar-refractivity contribution in [3.8, 4) is 0 Å². The third-order valence-electron chi connectivity index (χ3n) is 3.62. The molecule has 106 valence electrons. The summed E-state index contributed by atoms with van der Waals surface area (Å²) in [6, 6.07) is 17.1. The third-order valence-corrected chi connectivity index (χ3v) is 3.87. The minimum atomic E-state index is -0.202. The SMILES string of the molecule is CC1=NN(c2ccccc2)C(=O)[C@@H]1Cc1ccc(Cl)cc1. The molecule has 0 N–H and O–H groups in total. The molecular formula is C17H15ClN2O. The van der Waals surface area contributed by atoms with Gasteiger partial charge in [0.2, 0.25) is 0 Å². The number of hydrazone groups is 1. The number of carbonyl (C=O) groups is 1. The van der Waals surface area contributed by atoms with Gasteiger partial charge >= 0.3 is 0 Å². The van der Waals surface area contributed by atoms with Gasteiger partial charge in [-0.3, -0.25) is 4.79 Å². The Morgan fingerprint density at radius 2 is 1.76 bits per heavy atom. The van der Waals surface area contributed by atoms with E-state index in [1.54, 1.807) is 0 Å². The molecule has 3 rings (SSSR count). The molecule has 4 heteroatoms. The molecule has 1 heterocycles. The summed E-state index contributed by atoms with van der Waals surface area (Å²) in [5.74, 6) is -0.181. The molecule has 21 heavy (non-hydrogen) atoms. The van der Waals surface area contributed by atoms with Crippen LogP contribution in [-0.2, 0) is 11.2 Å². The Labute approximate surface area is 128 Å². The number of anilines is 1. The molecule has 0 unspecified atom stereocenters. The van der Waals surface area contributed by atoms with Gasteiger partial charge in [-0.1, -0.05) is 41.9 Å². The lowest BCUT2D eigenvalue weighted by atomic mass is 9.95. The van der Waals surface area contributed by atoms with Gasteiger partial charge in [-0.05, 0) is 43.2 Å². The van der Waals surface area contributed by atoms with Gasteiger partial charge in [-0.15, -0.1) is 0 Å². The second-order valence-electron chi connectivity index (χ2n) is 5.11. The highest BCUT2D eigenvalue weighted by Crippen LogP contribution is 2.26. The maximum Gasteiger partial charge on any atom is 0.256 e. The molecule has 0 fully saturated rings. The predicted molar refractivity (Wildman–Crippen MR) is 85.7 cm³/mol. The quantitative estimate of drug-likeness (QED) is 0.845. The van der Waals surface area contributed by atoms with Crippen LogP contribution in [0, 0.1) is 5.92 Å². The molecule has 3 nitrogen and oxygen atoms in total. The van der Waals surface area contributed by atoms with E-state index in [0.717, 1.165) is 17.0 Å². The van der Waals surface area contributed by atoms with Crippen LogP contribution in [0.3, 0.4) is 0 Å². The predicted octanol–water partition coefficient (Wildman–Crippen LogP) is 3.92. The van der Waals surface area contributed by atoms with Gasteiger partial charge in [-0.25, -0.2) is 5.01 Å². The first-order valence-corrected chi connectivity index (χ1v) is 7.21. The number of halogens is 1. The molecule has 1 aliphatic rings. The van der Waals surface area contributed by atoms with Crippen LogP contribution < -0.4 is 5.01 Å². The minimum absolute atomic E-state index is 0.0219. The summed E-state index contributed by atoms with van der Waals surface area (Å²) in [5, 5.41) is 6.61. The highest BCUT2D eigenvalue weighted by Gasteiger charge is 2.34. The van der Waals surface area contributed by atoms with Crippen LogP contribution in [0.5, 0.6) is 0 Å². The maximum atomic E-state index is 12.6. The molecule has 2 aromatic rings. The minimum Gasteiger partial charge on any atom is -0.272 e. The fourth-order valence-corrected chi connectivity index (χ4v) is 2.57. The van der Waals surface area contributed by atoms with E-state index in [2.05, 4.69) is 5.10 Å². The van der Waals surface area contributed by atoms with Crippen LogP contribution in [0.1, 0.15) is 12.5 Å². The second-order valence-corrected chi connectivity index (χ2v) is 5.55. The summed E-state index contributed by atoms with van der Waals surface area (Å²) < 4.78 is 0. The Hall–Kier alpha value is -2.13. The van der Waals surface area contributed by atoms with Crippen LogP contribution in [0.4, 0.5) is 5.69 Å². The highest BCUT2D eigenvalue weighted by molar-refractivity contribution is 6.30. The van der Waals surface area contributed by atoms with Crippen molar-refractivity contribution < 1.29 is 4.79 Å². The summed E-state index contributed by atoms with van der Waals surface area (Å²) in [7, 11) is 0. The average Bonchev–Trinajstić information content (AvgIpc) is 2.78. The van der Waals surface area contributed by atoms with E-state index < -0.39 is 0 Å². The number of amides is 1. The van der Waals surface area contributed by atoms with Crippen LogP contribution in [-0.4, -0.2) is 11.6 Å². The smallest absolute Gasteiger partial charge is 0.256 e. The molecule has 2 aromatic carbocycles. The molecule has 0 aromatic heterocycles. The normalized spacial score (nSPS) is 18.0. The van der Waals surface area contributed by atoms with Crippen molar-refractivity contribution in [2.75, 3.05) is 5.01 Å². The van der Waals surface area contributed by atoms with Gasteiger partial charge in [0.1, 0.15) is 0 Å². The molecule has 0 spiro atoms. The number of nitrogens with zero attached hydrogens (tertiary/aromatic N) is 2. The standard InChI is InChI=1S/C17H15ClN2O/c1-12-16(11-13-7-9-14(18)10-8-13)17(21)20(19-12)15-5-3-2-4-6-15/h2-10,16H,11H2,1H3/t16-/m1/s1. The van der Waals surface area contributed by atoms with E-state index in [1.807, 2.05) is 61.5 Å². The van der Waals surface area contributed by atoms with Crippen LogP contribution in [0.15, 0.2) is 59.7 Å². The number of para-hydroxylation sites is 1. The fraction of sp³-hybridized carbons (Fsp3) is 0.176. The number of hydrogen-bond donors (Lipinski definition) is 0. The lowest BCUT2D eigenvalue weighted by Gasteiger charge is -2.14. The van der Waals surface area contributed by atoms with E-state index in [4.69, 9.17) is 11.6 Å². The number of rotatable bonds is 3. The number of benzene rings is 2. The monoisotopic (exact) mass is 298 g/mol. The lowest BCUT2D eigenvalue weighted by molar-refractivity contribution is -0.119. The van der Waals surface area contributed by atoms with E-state index >= 15 is 0 Å². The molecule has 0 saturated heterocycles. The number of hydrogen-bond acceptors (Lipinski definition) is 2. The highest BCUT2D eigenvalue weighted by atomic mass is 35.5. The molecule has 1 aliphatic heterocycles. The van der Waals surface area contributed by atoms with Gasteiger partial charge in [0.25, 0.3) is 5.91 Å². The molecule has 0 radical (unpaired) electrons. The van der Waals surface area contributed by atoms with Crippen LogP contribution in [0.25, 0.3) is 0 Å². The summed E-state index contributed by atoms with van der Waals surface area (Å²) >= 11 is 5.89. The van der Waals surface area contributed by atoms with Crippen molar-refractivity contribution in [1.82, 2.24) is 0 Å². The first kappa shape index (κ1) is 13.8. The van der Waals surface area contributed by atoms with Crippen LogP contribution >= 0.6 is 11.6 Å². The second kappa shape index (κ2) is 5.70. The Bertz CT molecular complexity index is 680. The largest absolute Gasteiger partial charge is 0.272 e. The van der Waals surface area contributed by atoms with Crippen molar-refractivity contribution in [1.29, 1.82) is 0 Å². The van der Waals surface area contributed by atoms with Crippen LogP contribution in [0.2, 0.25) is 5.02 Å². The van der Waals surface area contributed by atoms with Crippen molar-refractivity contribution in [3.05, 3.63) is 65.2 Å². The van der Waals surface area contributed by atoms with Gasteiger partial charge in [0, 0.05) is 10.7 Å². The summed E-state index contributed by atoms with van der Waals surface area (Å²) in [6.07, 6.45) is 0.647. The zero-order valence-electron chi connectivity index (χ0n) is 11.7. The zero-order chi connectivity index (χ0) is 14.8. The summed E-state index contributed by atoms with van der Waals surface area (Å²) in [6.45, 7) is 1.90. The first-order chi connectivity index (χ1) is 10.1. The fourth-order valence-electron chi connectivity index (χ4n) is 2.45. The lowest BCUT2D eigenvalue weighted by Crippen LogP contribution is -2.28. The van der Waals surface area contributed by atoms with Crippen molar-refractivity contribution in [2.45, 2.75) is 13.3 Å². The van der Waals surface area contributed by atoms with E-state index in [-0.39, 0.29) is 11.8 Å². The van der Waals surface area contributed by atoms with Gasteiger partial charge in [0.05, 0.1) is 11.6 Å². The molecular weight excluding hydrogens is 284 g/mol. The van der Waals surface area contributed by atoms with E-state index in [0.29, 0.717) is 11.4 Å². The van der Waals surface area contributed by atoms with Gasteiger partial charge in [0.15, 0.2) is 0 Å². The van der Waals surface area contributed by atoms with Gasteiger partial charge < -0.3 is 0 Å². The topological polar surface area (TPSA) is 32.7 Å². The van der Waals surface area contributed by atoms with Crippen molar-refractivity contribution >= 4 is 28.9 Å². The molecule has 1 atom stereocenters. The zero-order valence-corrected chi connectivity index (χ0v) is 12.4. The van der Waals surface area contributed by atoms with Crippen molar-refractivity contribution in [3.63, 3.8) is 0 Å². The molecule has 0 aliphatic carbocycles. The van der Waals surface area contributed by atoms with Gasteiger partial charge in [-0.2, -0.15) is 5.10 Å². The Balaban J connectivity index is 1.81. The summed E-state index contributed by atoms with van der Waals surface area (Å²) in [4.78, 5) is 12.6. The molecule has 1 amide bonds. The van der Waals surface area contributed by atoms with Crippen molar-refractivity contribution in [2.24, 2.45) is 11.0 Å². The maximum absolute atomic E-state index is 12.6. The summed E-state index contributed by atoms with van der Waals surface area (Å²) in [5.41, 5.74) is 2.74. The Morgan fingerprint density at radius 1 is 1.10 bits per heavy atom. The Kier molecular flexibility index (Phi) is 3.76. The van der Waals surface area contributed by atoms with E-state index in [9.17, 15) is 4.79 Å².